The van der Waals surface area contributed by atoms with Gasteiger partial charge in [0, 0.05) is 6.04 Å². The second kappa shape index (κ2) is 3.43. The van der Waals surface area contributed by atoms with Crippen LogP contribution in [-0.2, 0) is 0 Å². The van der Waals surface area contributed by atoms with Crippen LogP contribution in [0.5, 0.6) is 0 Å². The summed E-state index contributed by atoms with van der Waals surface area (Å²) in [6.45, 7) is 6.07. The third-order valence-electron chi connectivity index (χ3n) is 3.76. The second-order valence-corrected chi connectivity index (χ2v) is 4.82. The van der Waals surface area contributed by atoms with Crippen LogP contribution in [0.4, 0.5) is 0 Å². The molecule has 2 heteroatoms. The monoisotopic (exact) mass is 180 g/mol. The summed E-state index contributed by atoms with van der Waals surface area (Å²) >= 11 is 0. The van der Waals surface area contributed by atoms with Gasteiger partial charge < -0.3 is 0 Å². The Morgan fingerprint density at radius 1 is 1.38 bits per heavy atom. The molecule has 2 nitrogen and oxygen atoms in total. The Morgan fingerprint density at radius 2 is 2.15 bits per heavy atom. The Labute approximate surface area is 80.5 Å². The number of nitrogens with one attached hydrogen (secondary N) is 1. The maximum absolute atomic E-state index is 5.55. The van der Waals surface area contributed by atoms with Gasteiger partial charge in [0.2, 0.25) is 0 Å². The van der Waals surface area contributed by atoms with Crippen LogP contribution in [0.2, 0.25) is 0 Å². The molecular formula is C11H20N2. The van der Waals surface area contributed by atoms with Crippen molar-refractivity contribution in [3.8, 4) is 0 Å². The van der Waals surface area contributed by atoms with Gasteiger partial charge in [-0.3, -0.25) is 11.3 Å². The van der Waals surface area contributed by atoms with E-state index in [2.05, 4.69) is 18.9 Å². The van der Waals surface area contributed by atoms with Crippen molar-refractivity contribution < 1.29 is 0 Å². The van der Waals surface area contributed by atoms with E-state index in [0.717, 1.165) is 17.8 Å². The molecule has 0 bridgehead atoms. The molecule has 2 rings (SSSR count). The first-order valence-electron chi connectivity index (χ1n) is 5.34. The Balaban J connectivity index is 1.93. The highest BCUT2D eigenvalue weighted by molar-refractivity contribution is 5.07. The van der Waals surface area contributed by atoms with Gasteiger partial charge in [-0.05, 0) is 50.4 Å². The predicted octanol–water partition coefficient (Wildman–Crippen LogP) is 1.83. The lowest BCUT2D eigenvalue weighted by atomic mass is 9.82. The van der Waals surface area contributed by atoms with E-state index in [-0.39, 0.29) is 0 Å². The van der Waals surface area contributed by atoms with Gasteiger partial charge in [-0.15, -0.1) is 0 Å². The van der Waals surface area contributed by atoms with Crippen LogP contribution in [0.1, 0.15) is 32.6 Å². The van der Waals surface area contributed by atoms with Gasteiger partial charge in [-0.25, -0.2) is 0 Å². The molecule has 0 aliphatic heterocycles. The maximum Gasteiger partial charge on any atom is 0.0442 e. The zero-order chi connectivity index (χ0) is 9.42. The Bertz CT molecular complexity index is 212. The lowest BCUT2D eigenvalue weighted by Gasteiger charge is -2.29. The van der Waals surface area contributed by atoms with Gasteiger partial charge in [-0.2, -0.15) is 0 Å². The van der Waals surface area contributed by atoms with Crippen LogP contribution in [-0.4, -0.2) is 6.04 Å². The van der Waals surface area contributed by atoms with Crippen LogP contribution < -0.4 is 11.3 Å². The summed E-state index contributed by atoms with van der Waals surface area (Å²) in [7, 11) is 0. The minimum absolute atomic E-state index is 0.349. The highest BCUT2D eigenvalue weighted by atomic mass is 15.2. The number of nitrogens with two attached hydrogens (primary N) is 1. The zero-order valence-corrected chi connectivity index (χ0v) is 8.42. The minimum Gasteiger partial charge on any atom is -0.271 e. The van der Waals surface area contributed by atoms with Crippen LogP contribution in [0, 0.1) is 17.8 Å². The van der Waals surface area contributed by atoms with E-state index >= 15 is 0 Å². The predicted molar refractivity (Wildman–Crippen MR) is 54.9 cm³/mol. The molecule has 3 N–H and O–H groups in total. The Morgan fingerprint density at radius 3 is 2.69 bits per heavy atom. The van der Waals surface area contributed by atoms with E-state index in [0.29, 0.717) is 6.04 Å². The van der Waals surface area contributed by atoms with Gasteiger partial charge >= 0.3 is 0 Å². The highest BCUT2D eigenvalue weighted by Crippen LogP contribution is 2.52. The maximum atomic E-state index is 5.55. The fraction of sp³-hybridized carbons (Fsp3) is 0.818. The topological polar surface area (TPSA) is 38.0 Å². The molecule has 0 aromatic carbocycles. The zero-order valence-electron chi connectivity index (χ0n) is 8.42. The van der Waals surface area contributed by atoms with Crippen molar-refractivity contribution in [2.45, 2.75) is 38.6 Å². The molecule has 0 saturated heterocycles. The molecule has 4 unspecified atom stereocenters. The van der Waals surface area contributed by atoms with E-state index in [1.54, 1.807) is 0 Å². The molecule has 0 radical (unpaired) electrons. The van der Waals surface area contributed by atoms with Crippen LogP contribution in [0.15, 0.2) is 12.2 Å². The fourth-order valence-corrected chi connectivity index (χ4v) is 2.87. The molecule has 0 aromatic heterocycles. The van der Waals surface area contributed by atoms with E-state index in [9.17, 15) is 0 Å². The molecule has 13 heavy (non-hydrogen) atoms. The standard InChI is InChI=1S/C11H20N2/c1-7(2)11(13-12)9-4-3-8-5-10(8)6-9/h8-11,13H,1,3-6,12H2,2H3. The quantitative estimate of drug-likeness (QED) is 0.395. The van der Waals surface area contributed by atoms with Crippen LogP contribution >= 0.6 is 0 Å². The van der Waals surface area contributed by atoms with E-state index in [4.69, 9.17) is 5.84 Å². The summed E-state index contributed by atoms with van der Waals surface area (Å²) in [6, 6.07) is 0.349. The van der Waals surface area contributed by atoms with Crippen molar-refractivity contribution >= 4 is 0 Å². The second-order valence-electron chi connectivity index (χ2n) is 4.82. The summed E-state index contributed by atoms with van der Waals surface area (Å²) in [5.41, 5.74) is 4.10. The Kier molecular flexibility index (Phi) is 2.43. The number of hydrogen-bond donors (Lipinski definition) is 2. The summed E-state index contributed by atoms with van der Waals surface area (Å²) in [5.74, 6) is 8.39. The van der Waals surface area contributed by atoms with Gasteiger partial charge in [0.25, 0.3) is 0 Å². The number of rotatable bonds is 3. The third-order valence-corrected chi connectivity index (χ3v) is 3.76. The molecule has 2 fully saturated rings. The Hall–Kier alpha value is -0.340. The molecule has 0 spiro atoms. The summed E-state index contributed by atoms with van der Waals surface area (Å²) in [6.07, 6.45) is 5.60. The first-order valence-corrected chi connectivity index (χ1v) is 5.34. The highest BCUT2D eigenvalue weighted by Gasteiger charge is 2.43. The summed E-state index contributed by atoms with van der Waals surface area (Å²) in [5, 5.41) is 0. The van der Waals surface area contributed by atoms with Crippen LogP contribution in [0.25, 0.3) is 0 Å². The molecule has 2 aliphatic rings. The number of hydrogen-bond acceptors (Lipinski definition) is 2. The van der Waals surface area contributed by atoms with Gasteiger partial charge in [0.05, 0.1) is 0 Å². The van der Waals surface area contributed by atoms with Crippen molar-refractivity contribution in [3.05, 3.63) is 12.2 Å². The molecule has 74 valence electrons. The third kappa shape index (κ3) is 1.79. The van der Waals surface area contributed by atoms with Crippen molar-refractivity contribution in [1.82, 2.24) is 5.43 Å². The molecular weight excluding hydrogens is 160 g/mol. The summed E-state index contributed by atoms with van der Waals surface area (Å²) < 4.78 is 0. The van der Waals surface area contributed by atoms with Gasteiger partial charge in [-0.1, -0.05) is 12.2 Å². The van der Waals surface area contributed by atoms with Gasteiger partial charge in [0.1, 0.15) is 0 Å². The average molecular weight is 180 g/mol. The number of fused-ring (bicyclic) bond motifs is 1. The normalized spacial score (nSPS) is 39.4. The van der Waals surface area contributed by atoms with Crippen molar-refractivity contribution in [2.24, 2.45) is 23.6 Å². The van der Waals surface area contributed by atoms with E-state index in [1.165, 1.54) is 31.3 Å². The molecule has 0 heterocycles. The molecule has 2 saturated carbocycles. The van der Waals surface area contributed by atoms with Crippen molar-refractivity contribution in [2.75, 3.05) is 0 Å². The largest absolute Gasteiger partial charge is 0.271 e. The average Bonchev–Trinajstić information content (AvgIpc) is 2.82. The molecule has 2 aliphatic carbocycles. The molecule has 4 atom stereocenters. The smallest absolute Gasteiger partial charge is 0.0442 e. The fourth-order valence-electron chi connectivity index (χ4n) is 2.87. The lowest BCUT2D eigenvalue weighted by molar-refractivity contribution is 0.284. The first-order chi connectivity index (χ1) is 6.22. The minimum atomic E-state index is 0.349. The van der Waals surface area contributed by atoms with Crippen molar-refractivity contribution in [1.29, 1.82) is 0 Å². The SMILES string of the molecule is C=C(C)C(NN)C1CCC2CC2C1. The number of hydrazine groups is 1. The van der Waals surface area contributed by atoms with E-state index in [1.807, 2.05) is 0 Å². The van der Waals surface area contributed by atoms with Crippen molar-refractivity contribution in [3.63, 3.8) is 0 Å². The molecule has 0 aromatic rings. The van der Waals surface area contributed by atoms with E-state index < -0.39 is 0 Å². The molecule has 0 amide bonds. The first kappa shape index (κ1) is 9.22. The van der Waals surface area contributed by atoms with Gasteiger partial charge in [0.15, 0.2) is 0 Å². The van der Waals surface area contributed by atoms with Crippen LogP contribution in [0.3, 0.4) is 0 Å². The lowest BCUT2D eigenvalue weighted by Crippen LogP contribution is -2.42. The summed E-state index contributed by atoms with van der Waals surface area (Å²) in [4.78, 5) is 0.